The fraction of sp³-hybridized carbons (Fsp3) is 0.500. The minimum atomic E-state index is -4.67. The van der Waals surface area contributed by atoms with Crippen LogP contribution in [0.15, 0.2) is 24.3 Å². The molecule has 1 aromatic carbocycles. The van der Waals surface area contributed by atoms with Crippen LogP contribution in [0.25, 0.3) is 0 Å². The summed E-state index contributed by atoms with van der Waals surface area (Å²) in [6.07, 6.45) is -7.09. The van der Waals surface area contributed by atoms with Gasteiger partial charge in [-0.2, -0.15) is 13.2 Å². The third-order valence-corrected chi connectivity index (χ3v) is 3.77. The Hall–Kier alpha value is -2.20. The van der Waals surface area contributed by atoms with Crippen molar-refractivity contribution in [1.82, 2.24) is 9.80 Å². The zero-order valence-electron chi connectivity index (χ0n) is 12.6. The topological polar surface area (TPSA) is 86.9 Å². The molecular formula is C14H16F3N3O4. The van der Waals surface area contributed by atoms with E-state index in [0.29, 0.717) is 0 Å². The number of non-ortho nitro benzene ring substituents is 1. The van der Waals surface area contributed by atoms with Crippen LogP contribution >= 0.6 is 0 Å². The van der Waals surface area contributed by atoms with E-state index in [1.54, 1.807) is 0 Å². The van der Waals surface area contributed by atoms with Crippen molar-refractivity contribution in [2.75, 3.05) is 32.7 Å². The van der Waals surface area contributed by atoms with E-state index in [9.17, 15) is 28.1 Å². The molecule has 0 radical (unpaired) electrons. The van der Waals surface area contributed by atoms with Gasteiger partial charge >= 0.3 is 6.18 Å². The van der Waals surface area contributed by atoms with Gasteiger partial charge in [-0.25, -0.2) is 0 Å². The van der Waals surface area contributed by atoms with Gasteiger partial charge in [0.25, 0.3) is 11.6 Å². The fourth-order valence-corrected chi connectivity index (χ4v) is 2.42. The van der Waals surface area contributed by atoms with Crippen LogP contribution in [-0.2, 0) is 0 Å². The number of nitrogens with zero attached hydrogens (tertiary/aromatic N) is 3. The largest absolute Gasteiger partial charge is 0.415 e. The summed E-state index contributed by atoms with van der Waals surface area (Å²) in [4.78, 5) is 25.3. The maximum Gasteiger partial charge on any atom is 0.415 e. The van der Waals surface area contributed by atoms with Crippen LogP contribution in [0.2, 0.25) is 0 Å². The number of aliphatic hydroxyl groups is 1. The molecule has 1 aliphatic rings. The van der Waals surface area contributed by atoms with Crippen LogP contribution in [0.4, 0.5) is 18.9 Å². The molecule has 1 fully saturated rings. The van der Waals surface area contributed by atoms with E-state index in [0.717, 1.165) is 0 Å². The summed E-state index contributed by atoms with van der Waals surface area (Å²) < 4.78 is 37.0. The Morgan fingerprint density at radius 1 is 1.29 bits per heavy atom. The summed E-state index contributed by atoms with van der Waals surface area (Å²) >= 11 is 0. The fourth-order valence-electron chi connectivity index (χ4n) is 2.42. The molecule has 1 heterocycles. The number of nitro groups is 1. The van der Waals surface area contributed by atoms with Gasteiger partial charge in [0.15, 0.2) is 6.10 Å². The number of alkyl halides is 3. The average Bonchev–Trinajstić information content (AvgIpc) is 2.54. The highest BCUT2D eigenvalue weighted by atomic mass is 19.4. The van der Waals surface area contributed by atoms with Crippen LogP contribution in [0.1, 0.15) is 10.4 Å². The number of rotatable bonds is 4. The van der Waals surface area contributed by atoms with Gasteiger partial charge < -0.3 is 10.0 Å². The number of hydrogen-bond donors (Lipinski definition) is 1. The van der Waals surface area contributed by atoms with E-state index in [1.807, 2.05) is 0 Å². The zero-order chi connectivity index (χ0) is 17.9. The molecule has 1 saturated heterocycles. The maximum atomic E-state index is 12.3. The lowest BCUT2D eigenvalue weighted by atomic mass is 10.1. The van der Waals surface area contributed by atoms with Crippen molar-refractivity contribution in [3.8, 4) is 0 Å². The molecule has 0 bridgehead atoms. The van der Waals surface area contributed by atoms with Crippen molar-refractivity contribution in [2.45, 2.75) is 12.3 Å². The lowest BCUT2D eigenvalue weighted by molar-refractivity contribution is -0.384. The van der Waals surface area contributed by atoms with Gasteiger partial charge in [0.05, 0.1) is 4.92 Å². The molecule has 7 nitrogen and oxygen atoms in total. The Labute approximate surface area is 135 Å². The Balaban J connectivity index is 1.93. The molecule has 2 rings (SSSR count). The van der Waals surface area contributed by atoms with E-state index in [1.165, 1.54) is 34.1 Å². The highest BCUT2D eigenvalue weighted by Gasteiger charge is 2.39. The van der Waals surface area contributed by atoms with Crippen molar-refractivity contribution in [3.63, 3.8) is 0 Å². The van der Waals surface area contributed by atoms with Crippen LogP contribution in [0.3, 0.4) is 0 Å². The summed E-state index contributed by atoms with van der Waals surface area (Å²) in [5.41, 5.74) is -0.0410. The highest BCUT2D eigenvalue weighted by Crippen LogP contribution is 2.21. The first-order valence-corrected chi connectivity index (χ1v) is 7.19. The van der Waals surface area contributed by atoms with Gasteiger partial charge in [0.1, 0.15) is 0 Å². The molecule has 0 spiro atoms. The van der Waals surface area contributed by atoms with E-state index in [-0.39, 0.29) is 37.4 Å². The van der Waals surface area contributed by atoms with E-state index >= 15 is 0 Å². The van der Waals surface area contributed by atoms with E-state index in [4.69, 9.17) is 5.11 Å². The number of hydrogen-bond acceptors (Lipinski definition) is 5. The van der Waals surface area contributed by atoms with E-state index in [2.05, 4.69) is 0 Å². The molecule has 1 atom stereocenters. The molecule has 1 aliphatic heterocycles. The second-order valence-corrected chi connectivity index (χ2v) is 5.46. The van der Waals surface area contributed by atoms with Gasteiger partial charge in [-0.15, -0.1) is 0 Å². The maximum absolute atomic E-state index is 12.3. The van der Waals surface area contributed by atoms with Gasteiger partial charge in [-0.3, -0.25) is 19.8 Å². The van der Waals surface area contributed by atoms with Crippen molar-refractivity contribution in [1.29, 1.82) is 0 Å². The molecule has 24 heavy (non-hydrogen) atoms. The second kappa shape index (κ2) is 7.14. The van der Waals surface area contributed by atoms with Crippen molar-refractivity contribution < 1.29 is 28.0 Å². The Kier molecular flexibility index (Phi) is 5.40. The predicted molar refractivity (Wildman–Crippen MR) is 77.5 cm³/mol. The minimum Gasteiger partial charge on any atom is -0.382 e. The molecule has 1 aromatic rings. The predicted octanol–water partition coefficient (Wildman–Crippen LogP) is 1.28. The molecule has 1 amide bonds. The molecule has 132 valence electrons. The normalized spacial score (nSPS) is 17.6. The summed E-state index contributed by atoms with van der Waals surface area (Å²) in [6, 6.07) is 5.30. The molecule has 0 saturated carbocycles. The number of nitro benzene ring substituents is 1. The lowest BCUT2D eigenvalue weighted by Crippen LogP contribution is -2.52. The highest BCUT2D eigenvalue weighted by molar-refractivity contribution is 5.94. The number of benzene rings is 1. The summed E-state index contributed by atoms with van der Waals surface area (Å²) in [6.45, 7) is 0.210. The standard InChI is InChI=1S/C14H16F3N3O4/c15-14(16,17)12(21)9-18-4-6-19(7-5-18)13(22)10-2-1-3-11(8-10)20(23)24/h1-3,8,12,21H,4-7,9H2. The number of halogens is 3. The molecule has 1 N–H and O–H groups in total. The number of carbonyl (C=O) groups excluding carboxylic acids is 1. The first-order chi connectivity index (χ1) is 11.2. The van der Waals surface area contributed by atoms with Gasteiger partial charge in [-0.05, 0) is 6.07 Å². The molecule has 1 unspecified atom stereocenters. The van der Waals surface area contributed by atoms with Crippen LogP contribution in [0.5, 0.6) is 0 Å². The van der Waals surface area contributed by atoms with Gasteiger partial charge in [-0.1, -0.05) is 6.07 Å². The van der Waals surface area contributed by atoms with Crippen molar-refractivity contribution in [2.24, 2.45) is 0 Å². The van der Waals surface area contributed by atoms with Crippen molar-refractivity contribution >= 4 is 11.6 Å². The Bertz CT molecular complexity index is 616. The van der Waals surface area contributed by atoms with Crippen LogP contribution in [0, 0.1) is 10.1 Å². The third kappa shape index (κ3) is 4.42. The molecule has 0 aliphatic carbocycles. The Morgan fingerprint density at radius 3 is 2.46 bits per heavy atom. The lowest BCUT2D eigenvalue weighted by Gasteiger charge is -2.35. The van der Waals surface area contributed by atoms with Gasteiger partial charge in [0.2, 0.25) is 0 Å². The smallest absolute Gasteiger partial charge is 0.382 e. The molecular weight excluding hydrogens is 331 g/mol. The summed E-state index contributed by atoms with van der Waals surface area (Å²) in [7, 11) is 0. The number of piperazine rings is 1. The Morgan fingerprint density at radius 2 is 1.92 bits per heavy atom. The number of β-amino-alcohol motifs (C(OH)–C–C–N with tert-alkyl or cyclic N) is 1. The third-order valence-electron chi connectivity index (χ3n) is 3.77. The number of carbonyl (C=O) groups is 1. The average molecular weight is 347 g/mol. The summed E-state index contributed by atoms with van der Waals surface area (Å²) in [5.74, 6) is -0.408. The van der Waals surface area contributed by atoms with Crippen LogP contribution in [-0.4, -0.2) is 70.7 Å². The number of amides is 1. The summed E-state index contributed by atoms with van der Waals surface area (Å²) in [5, 5.41) is 19.8. The van der Waals surface area contributed by atoms with Crippen molar-refractivity contribution in [3.05, 3.63) is 39.9 Å². The monoisotopic (exact) mass is 347 g/mol. The zero-order valence-corrected chi connectivity index (χ0v) is 12.6. The quantitative estimate of drug-likeness (QED) is 0.655. The minimum absolute atomic E-state index is 0.160. The van der Waals surface area contributed by atoms with Gasteiger partial charge in [0, 0.05) is 50.4 Å². The first kappa shape index (κ1) is 18.1. The molecule has 10 heteroatoms. The SMILES string of the molecule is O=C(c1cccc([N+](=O)[O-])c1)N1CCN(CC(O)C(F)(F)F)CC1. The molecule has 0 aromatic heterocycles. The number of aliphatic hydroxyl groups excluding tert-OH is 1. The second-order valence-electron chi connectivity index (χ2n) is 5.46. The first-order valence-electron chi connectivity index (χ1n) is 7.19. The van der Waals surface area contributed by atoms with Crippen LogP contribution < -0.4 is 0 Å². The van der Waals surface area contributed by atoms with E-state index < -0.39 is 29.7 Å².